The van der Waals surface area contributed by atoms with E-state index in [-0.39, 0.29) is 6.04 Å². The zero-order valence-electron chi connectivity index (χ0n) is 10.8. The van der Waals surface area contributed by atoms with Gasteiger partial charge in [-0.05, 0) is 59.4 Å². The highest BCUT2D eigenvalue weighted by atomic mass is 79.9. The van der Waals surface area contributed by atoms with Gasteiger partial charge in [0, 0.05) is 22.0 Å². The normalized spacial score (nSPS) is 12.7. The van der Waals surface area contributed by atoms with Crippen LogP contribution in [0.3, 0.4) is 0 Å². The third kappa shape index (κ3) is 2.99. The van der Waals surface area contributed by atoms with Gasteiger partial charge in [0.2, 0.25) is 0 Å². The summed E-state index contributed by atoms with van der Waals surface area (Å²) < 4.78 is 1.19. The maximum atomic E-state index is 4.59. The van der Waals surface area contributed by atoms with Gasteiger partial charge in [-0.2, -0.15) is 0 Å². The van der Waals surface area contributed by atoms with E-state index >= 15 is 0 Å². The van der Waals surface area contributed by atoms with Crippen molar-refractivity contribution in [2.45, 2.75) is 26.3 Å². The number of rotatable bonds is 4. The van der Waals surface area contributed by atoms with Gasteiger partial charge in [0.05, 0.1) is 11.7 Å². The zero-order chi connectivity index (χ0) is 13.1. The number of nitrogens with one attached hydrogen (secondary N) is 1. The topological polar surface area (TPSA) is 24.9 Å². The molecule has 2 aromatic rings. The average molecular weight is 325 g/mol. The van der Waals surface area contributed by atoms with Crippen LogP contribution in [0.1, 0.15) is 27.7 Å². The maximum Gasteiger partial charge on any atom is 0.0606 e. The quantitative estimate of drug-likeness (QED) is 0.918. The molecule has 96 valence electrons. The monoisotopic (exact) mass is 324 g/mol. The lowest BCUT2D eigenvalue weighted by Crippen LogP contribution is -2.21. The number of nitrogens with zero attached hydrogens (tertiary/aromatic N) is 1. The largest absolute Gasteiger partial charge is 0.311 e. The first-order valence-electron chi connectivity index (χ1n) is 5.94. The lowest BCUT2D eigenvalue weighted by molar-refractivity contribution is 0.575. The molecule has 4 heteroatoms. The van der Waals surface area contributed by atoms with E-state index in [1.807, 2.05) is 13.2 Å². The molecule has 0 aliphatic heterocycles. The van der Waals surface area contributed by atoms with Gasteiger partial charge in [-0.1, -0.05) is 6.07 Å². The molecule has 0 radical (unpaired) electrons. The minimum Gasteiger partial charge on any atom is -0.311 e. The Balaban J connectivity index is 2.26. The predicted octanol–water partition coefficient (Wildman–Crippen LogP) is 4.03. The van der Waals surface area contributed by atoms with Gasteiger partial charge in [0.15, 0.2) is 0 Å². The van der Waals surface area contributed by atoms with Gasteiger partial charge in [-0.3, -0.25) is 4.98 Å². The molecule has 0 amide bonds. The Morgan fingerprint density at radius 1 is 1.44 bits per heavy atom. The van der Waals surface area contributed by atoms with E-state index in [4.69, 9.17) is 0 Å². The van der Waals surface area contributed by atoms with Crippen molar-refractivity contribution >= 4 is 27.3 Å². The van der Waals surface area contributed by atoms with Crippen molar-refractivity contribution in [3.05, 3.63) is 49.9 Å². The number of pyridine rings is 1. The summed E-state index contributed by atoms with van der Waals surface area (Å²) in [6.45, 7) is 4.21. The summed E-state index contributed by atoms with van der Waals surface area (Å²) in [5, 5.41) is 5.48. The van der Waals surface area contributed by atoms with Crippen LogP contribution in [0.25, 0.3) is 0 Å². The second-order valence-corrected chi connectivity index (χ2v) is 6.31. The molecule has 1 unspecified atom stereocenters. The van der Waals surface area contributed by atoms with Crippen molar-refractivity contribution in [3.63, 3.8) is 0 Å². The smallest absolute Gasteiger partial charge is 0.0606 e. The Bertz CT molecular complexity index is 536. The van der Waals surface area contributed by atoms with Crippen LogP contribution in [0.5, 0.6) is 0 Å². The fourth-order valence-electron chi connectivity index (χ4n) is 2.08. The number of hydrogen-bond acceptors (Lipinski definition) is 3. The van der Waals surface area contributed by atoms with Crippen LogP contribution in [-0.2, 0) is 6.42 Å². The van der Waals surface area contributed by atoms with E-state index in [2.05, 4.69) is 57.6 Å². The molecule has 18 heavy (non-hydrogen) atoms. The Hall–Kier alpha value is -0.710. The van der Waals surface area contributed by atoms with Gasteiger partial charge in [0.25, 0.3) is 0 Å². The summed E-state index contributed by atoms with van der Waals surface area (Å²) in [4.78, 5) is 5.94. The number of hydrogen-bond donors (Lipinski definition) is 1. The van der Waals surface area contributed by atoms with Gasteiger partial charge in [0.1, 0.15) is 0 Å². The lowest BCUT2D eigenvalue weighted by Gasteiger charge is -2.17. The first kappa shape index (κ1) is 13.7. The van der Waals surface area contributed by atoms with Gasteiger partial charge < -0.3 is 5.32 Å². The van der Waals surface area contributed by atoms with E-state index in [0.717, 1.165) is 12.1 Å². The van der Waals surface area contributed by atoms with Crippen LogP contribution in [0, 0.1) is 13.8 Å². The van der Waals surface area contributed by atoms with Gasteiger partial charge >= 0.3 is 0 Å². The van der Waals surface area contributed by atoms with Crippen LogP contribution in [-0.4, -0.2) is 12.0 Å². The summed E-state index contributed by atoms with van der Waals surface area (Å²) >= 11 is 5.37. The van der Waals surface area contributed by atoms with E-state index in [1.165, 1.54) is 20.5 Å². The molecule has 2 nitrogen and oxygen atoms in total. The summed E-state index contributed by atoms with van der Waals surface area (Å²) in [5.74, 6) is 0. The number of aryl methyl sites for hydroxylation is 2. The third-order valence-corrected chi connectivity index (χ3v) is 4.96. The molecule has 0 fully saturated rings. The molecule has 0 bridgehead atoms. The highest BCUT2D eigenvalue weighted by Crippen LogP contribution is 2.28. The van der Waals surface area contributed by atoms with E-state index in [1.54, 1.807) is 11.3 Å². The average Bonchev–Trinajstić information content (AvgIpc) is 2.73. The minimum atomic E-state index is 0.264. The van der Waals surface area contributed by atoms with Crippen molar-refractivity contribution in [2.24, 2.45) is 0 Å². The molecule has 0 aliphatic carbocycles. The van der Waals surface area contributed by atoms with Gasteiger partial charge in [-0.15, -0.1) is 11.3 Å². The van der Waals surface area contributed by atoms with Crippen LogP contribution in [0.4, 0.5) is 0 Å². The van der Waals surface area contributed by atoms with Crippen molar-refractivity contribution in [3.8, 4) is 0 Å². The van der Waals surface area contributed by atoms with Crippen molar-refractivity contribution in [1.29, 1.82) is 0 Å². The molecule has 2 rings (SSSR count). The third-order valence-electron chi connectivity index (χ3n) is 3.01. The summed E-state index contributed by atoms with van der Waals surface area (Å²) in [6.07, 6.45) is 2.90. The van der Waals surface area contributed by atoms with Crippen LogP contribution < -0.4 is 5.32 Å². The summed E-state index contributed by atoms with van der Waals surface area (Å²) in [7, 11) is 1.99. The highest BCUT2D eigenvalue weighted by Gasteiger charge is 2.16. The lowest BCUT2D eigenvalue weighted by atomic mass is 10.0. The Labute approximate surface area is 121 Å². The minimum absolute atomic E-state index is 0.264. The van der Waals surface area contributed by atoms with Crippen LogP contribution >= 0.6 is 27.3 Å². The van der Waals surface area contributed by atoms with Crippen molar-refractivity contribution < 1.29 is 0 Å². The van der Waals surface area contributed by atoms with E-state index in [0.29, 0.717) is 0 Å². The number of aromatic nitrogens is 1. The number of likely N-dealkylation sites (N-methyl/N-ethyl adjacent to an activating group) is 1. The maximum absolute atomic E-state index is 4.59. The predicted molar refractivity (Wildman–Crippen MR) is 81.2 cm³/mol. The zero-order valence-corrected chi connectivity index (χ0v) is 13.2. The van der Waals surface area contributed by atoms with Gasteiger partial charge in [-0.25, -0.2) is 0 Å². The molecule has 1 atom stereocenters. The number of thiophene rings is 1. The second-order valence-electron chi connectivity index (χ2n) is 4.45. The SMILES string of the molecule is CNC(Cc1sccc1Br)c1ncc(C)cc1C. The standard InChI is InChI=1S/C14H17BrN2S/c1-9-6-10(2)14(17-8-9)12(16-3)7-13-11(15)4-5-18-13/h4-6,8,12,16H,7H2,1-3H3. The van der Waals surface area contributed by atoms with E-state index < -0.39 is 0 Å². The van der Waals surface area contributed by atoms with Crippen LogP contribution in [0.15, 0.2) is 28.2 Å². The van der Waals surface area contributed by atoms with Crippen molar-refractivity contribution in [2.75, 3.05) is 7.05 Å². The fraction of sp³-hybridized carbons (Fsp3) is 0.357. The Kier molecular flexibility index (Phi) is 4.54. The molecular weight excluding hydrogens is 308 g/mol. The van der Waals surface area contributed by atoms with Crippen LogP contribution in [0.2, 0.25) is 0 Å². The number of halogens is 1. The fourth-order valence-corrected chi connectivity index (χ4v) is 3.64. The van der Waals surface area contributed by atoms with Crippen molar-refractivity contribution in [1.82, 2.24) is 10.3 Å². The molecular formula is C14H17BrN2S. The molecule has 0 aliphatic rings. The second kappa shape index (κ2) is 5.95. The molecule has 0 spiro atoms. The molecule has 2 aromatic heterocycles. The first-order valence-corrected chi connectivity index (χ1v) is 7.61. The molecule has 0 saturated carbocycles. The molecule has 2 heterocycles. The molecule has 0 saturated heterocycles. The molecule has 0 aromatic carbocycles. The first-order chi connectivity index (χ1) is 8.61. The molecule has 1 N–H and O–H groups in total. The highest BCUT2D eigenvalue weighted by molar-refractivity contribution is 9.10. The summed E-state index contributed by atoms with van der Waals surface area (Å²) in [6, 6.07) is 4.55. The van der Waals surface area contributed by atoms with E-state index in [9.17, 15) is 0 Å². The Morgan fingerprint density at radius 2 is 2.22 bits per heavy atom. The Morgan fingerprint density at radius 3 is 2.78 bits per heavy atom. The summed E-state index contributed by atoms with van der Waals surface area (Å²) in [5.41, 5.74) is 3.61.